The molecule has 4 nitrogen and oxygen atoms in total. The zero-order chi connectivity index (χ0) is 15.2. The second-order valence-corrected chi connectivity index (χ2v) is 5.56. The summed E-state index contributed by atoms with van der Waals surface area (Å²) in [7, 11) is 2.09. The number of carbonyl (C=O) groups excluding carboxylic acids is 1. The van der Waals surface area contributed by atoms with Gasteiger partial charge < -0.3 is 10.2 Å². The molecule has 1 fully saturated rings. The summed E-state index contributed by atoms with van der Waals surface area (Å²) in [5.74, 6) is -0.187. The van der Waals surface area contributed by atoms with Gasteiger partial charge in [-0.2, -0.15) is 0 Å². The normalized spacial score (nSPS) is 17.9. The smallest absolute Gasteiger partial charge is 0.271 e. The number of rotatable bonds is 2. The van der Waals surface area contributed by atoms with Crippen molar-refractivity contribution in [2.45, 2.75) is 39.2 Å². The van der Waals surface area contributed by atoms with Crippen LogP contribution in [0.3, 0.4) is 0 Å². The van der Waals surface area contributed by atoms with Crippen LogP contribution in [0, 0.1) is 0 Å². The minimum atomic E-state index is -0.187. The van der Waals surface area contributed by atoms with Gasteiger partial charge in [-0.05, 0) is 38.9 Å². The van der Waals surface area contributed by atoms with Crippen molar-refractivity contribution in [3.63, 3.8) is 0 Å². The minimum absolute atomic E-state index is 0.162. The highest BCUT2D eigenvalue weighted by Crippen LogP contribution is 2.22. The number of amides is 1. The monoisotopic (exact) mass is 297 g/mol. The first kappa shape index (κ1) is 16.9. The molecule has 2 heterocycles. The molecule has 1 saturated heterocycles. The van der Waals surface area contributed by atoms with Gasteiger partial charge in [0.1, 0.15) is 5.69 Å². The van der Waals surface area contributed by atoms with Gasteiger partial charge in [-0.15, -0.1) is 0 Å². The Morgan fingerprint density at radius 3 is 2.55 bits per heavy atom. The molecule has 1 aromatic heterocycles. The molecule has 5 heteroatoms. The molecule has 0 aliphatic carbocycles. The molecule has 0 bridgehead atoms. The molecule has 0 saturated carbocycles. The van der Waals surface area contributed by atoms with Crippen LogP contribution >= 0.6 is 11.6 Å². The summed E-state index contributed by atoms with van der Waals surface area (Å²) in [6, 6.07) is 3.40. The maximum Gasteiger partial charge on any atom is 0.271 e. The summed E-state index contributed by atoms with van der Waals surface area (Å²) in [5, 5.41) is 3.46. The van der Waals surface area contributed by atoms with Crippen LogP contribution in [0.1, 0.15) is 44.1 Å². The predicted octanol–water partition coefficient (Wildman–Crippen LogP) is 2.98. The molecule has 1 aromatic rings. The van der Waals surface area contributed by atoms with Gasteiger partial charge in [-0.25, -0.2) is 4.98 Å². The Labute approximate surface area is 126 Å². The third-order valence-electron chi connectivity index (χ3n) is 3.48. The van der Waals surface area contributed by atoms with Gasteiger partial charge in [-0.3, -0.25) is 4.79 Å². The molecule has 0 spiro atoms. The van der Waals surface area contributed by atoms with Crippen molar-refractivity contribution >= 4 is 17.5 Å². The number of hydrogen-bond acceptors (Lipinski definition) is 3. The molecule has 1 aliphatic rings. The van der Waals surface area contributed by atoms with Crippen LogP contribution < -0.4 is 5.32 Å². The maximum absolute atomic E-state index is 12.1. The fraction of sp³-hybridized carbons (Fsp3) is 0.600. The van der Waals surface area contributed by atoms with Crippen molar-refractivity contribution in [2.75, 3.05) is 20.1 Å². The Bertz CT molecular complexity index is 442. The van der Waals surface area contributed by atoms with Crippen LogP contribution in [0.15, 0.2) is 18.3 Å². The highest BCUT2D eigenvalue weighted by molar-refractivity contribution is 6.33. The van der Waals surface area contributed by atoms with E-state index in [2.05, 4.69) is 29.2 Å². The van der Waals surface area contributed by atoms with E-state index >= 15 is 0 Å². The van der Waals surface area contributed by atoms with E-state index in [0.29, 0.717) is 10.7 Å². The highest BCUT2D eigenvalue weighted by atomic mass is 35.5. The first-order valence-electron chi connectivity index (χ1n) is 7.12. The van der Waals surface area contributed by atoms with Crippen molar-refractivity contribution in [1.29, 1.82) is 0 Å². The van der Waals surface area contributed by atoms with Gasteiger partial charge in [0.25, 0.3) is 5.91 Å². The van der Waals surface area contributed by atoms with Crippen molar-refractivity contribution in [3.8, 4) is 0 Å². The lowest BCUT2D eigenvalue weighted by atomic mass is 9.89. The lowest BCUT2D eigenvalue weighted by molar-refractivity contribution is 0.0847. The summed E-state index contributed by atoms with van der Waals surface area (Å²) < 4.78 is 0. The molecule has 1 aliphatic heterocycles. The number of pyridine rings is 1. The summed E-state index contributed by atoms with van der Waals surface area (Å²) in [6.45, 7) is 8.06. The average molecular weight is 298 g/mol. The van der Waals surface area contributed by atoms with Gasteiger partial charge in [-0.1, -0.05) is 25.4 Å². The van der Waals surface area contributed by atoms with Gasteiger partial charge >= 0.3 is 0 Å². The number of carbonyl (C=O) groups is 1. The van der Waals surface area contributed by atoms with Gasteiger partial charge in [0.2, 0.25) is 0 Å². The van der Waals surface area contributed by atoms with E-state index in [9.17, 15) is 4.79 Å². The van der Waals surface area contributed by atoms with E-state index < -0.39 is 0 Å². The summed E-state index contributed by atoms with van der Waals surface area (Å²) in [5.41, 5.74) is 0.143. The van der Waals surface area contributed by atoms with E-state index in [1.807, 2.05) is 13.8 Å². The fourth-order valence-electron chi connectivity index (χ4n) is 2.12. The highest BCUT2D eigenvalue weighted by Gasteiger charge is 2.31. The van der Waals surface area contributed by atoms with Crippen LogP contribution in [0.5, 0.6) is 0 Å². The Balaban J connectivity index is 0.000000956. The van der Waals surface area contributed by atoms with E-state index in [1.54, 1.807) is 18.3 Å². The van der Waals surface area contributed by atoms with Crippen molar-refractivity contribution in [3.05, 3.63) is 29.0 Å². The number of halogens is 1. The SMILES string of the molecule is CC.CN1CCC(C)(NC(=O)c2ncccc2Cl)CC1. The van der Waals surface area contributed by atoms with E-state index in [-0.39, 0.29) is 11.4 Å². The molecule has 0 aromatic carbocycles. The third kappa shape index (κ3) is 4.46. The zero-order valence-corrected chi connectivity index (χ0v) is 13.5. The van der Waals surface area contributed by atoms with Crippen LogP contribution in [-0.4, -0.2) is 41.5 Å². The Morgan fingerprint density at radius 2 is 2.00 bits per heavy atom. The second kappa shape index (κ2) is 7.60. The first-order chi connectivity index (χ1) is 9.50. The number of likely N-dealkylation sites (tertiary alicyclic amines) is 1. The molecule has 1 N–H and O–H groups in total. The molecular formula is C15H24ClN3O. The van der Waals surface area contributed by atoms with Crippen molar-refractivity contribution in [1.82, 2.24) is 15.2 Å². The molecule has 2 rings (SSSR count). The van der Waals surface area contributed by atoms with Crippen molar-refractivity contribution < 1.29 is 4.79 Å². The van der Waals surface area contributed by atoms with Crippen LogP contribution in [0.2, 0.25) is 5.02 Å². The number of aromatic nitrogens is 1. The van der Waals surface area contributed by atoms with Crippen molar-refractivity contribution in [2.24, 2.45) is 0 Å². The maximum atomic E-state index is 12.1. The average Bonchev–Trinajstić information content (AvgIpc) is 2.45. The first-order valence-corrected chi connectivity index (χ1v) is 7.49. The predicted molar refractivity (Wildman–Crippen MR) is 83.2 cm³/mol. The molecule has 20 heavy (non-hydrogen) atoms. The molecule has 1 amide bonds. The van der Waals surface area contributed by atoms with Gasteiger partial charge in [0.05, 0.1) is 5.02 Å². The largest absolute Gasteiger partial charge is 0.345 e. The third-order valence-corrected chi connectivity index (χ3v) is 3.78. The molecule has 0 atom stereocenters. The second-order valence-electron chi connectivity index (χ2n) is 5.15. The van der Waals surface area contributed by atoms with E-state index in [4.69, 9.17) is 11.6 Å². The summed E-state index contributed by atoms with van der Waals surface area (Å²) in [4.78, 5) is 18.4. The van der Waals surface area contributed by atoms with Gasteiger partial charge in [0.15, 0.2) is 0 Å². The quantitative estimate of drug-likeness (QED) is 0.913. The Kier molecular flexibility index (Phi) is 6.43. The minimum Gasteiger partial charge on any atom is -0.345 e. The van der Waals surface area contributed by atoms with Crippen LogP contribution in [0.4, 0.5) is 0 Å². The van der Waals surface area contributed by atoms with Crippen LogP contribution in [0.25, 0.3) is 0 Å². The number of nitrogens with one attached hydrogen (secondary N) is 1. The van der Waals surface area contributed by atoms with Crippen LogP contribution in [-0.2, 0) is 0 Å². The molecule has 112 valence electrons. The summed E-state index contributed by atoms with van der Waals surface area (Å²) >= 11 is 5.97. The molecule has 0 radical (unpaired) electrons. The van der Waals surface area contributed by atoms with Gasteiger partial charge in [0, 0.05) is 24.8 Å². The Hall–Kier alpha value is -1.13. The lowest BCUT2D eigenvalue weighted by Gasteiger charge is -2.38. The van der Waals surface area contributed by atoms with E-state index in [0.717, 1.165) is 25.9 Å². The number of hydrogen-bond donors (Lipinski definition) is 1. The number of piperidine rings is 1. The standard InChI is InChI=1S/C13H18ClN3O.C2H6/c1-13(5-8-17(2)9-6-13)16-12(18)11-10(14)4-3-7-15-11;1-2/h3-4,7H,5-6,8-9H2,1-2H3,(H,16,18);1-2H3. The summed E-state index contributed by atoms with van der Waals surface area (Å²) in [6.07, 6.45) is 3.47. The molecule has 0 unspecified atom stereocenters. The number of nitrogens with zero attached hydrogens (tertiary/aromatic N) is 2. The zero-order valence-electron chi connectivity index (χ0n) is 12.7. The topological polar surface area (TPSA) is 45.2 Å². The fourth-order valence-corrected chi connectivity index (χ4v) is 2.33. The molecular weight excluding hydrogens is 274 g/mol. The Morgan fingerprint density at radius 1 is 1.40 bits per heavy atom. The van der Waals surface area contributed by atoms with E-state index in [1.165, 1.54) is 0 Å². The lowest BCUT2D eigenvalue weighted by Crippen LogP contribution is -2.52.